The van der Waals surface area contributed by atoms with E-state index in [1.165, 1.54) is 6.92 Å². The first-order valence-corrected chi connectivity index (χ1v) is 11.4. The number of phenolic OH excluding ortho intramolecular Hbond substituents is 1. The van der Waals surface area contributed by atoms with Gasteiger partial charge >= 0.3 is 12.1 Å². The number of carbonyl (C=O) groups excluding carboxylic acids is 3. The fraction of sp³-hybridized carbons (Fsp3) is 0.375. The van der Waals surface area contributed by atoms with Gasteiger partial charge in [-0.15, -0.1) is 0 Å². The molecule has 0 aliphatic carbocycles. The van der Waals surface area contributed by atoms with Crippen molar-refractivity contribution in [2.45, 2.75) is 57.8 Å². The van der Waals surface area contributed by atoms with Crippen LogP contribution in [0, 0.1) is 6.92 Å². The van der Waals surface area contributed by atoms with Gasteiger partial charge in [0.05, 0.1) is 6.04 Å². The average Bonchev–Trinajstić information content (AvgIpc) is 2.77. The lowest BCUT2D eigenvalue weighted by molar-refractivity contribution is -0.174. The van der Waals surface area contributed by atoms with E-state index in [0.717, 1.165) is 10.0 Å². The minimum atomic E-state index is -5.14. The average molecular weight is 543 g/mol. The summed E-state index contributed by atoms with van der Waals surface area (Å²) in [5, 5.41) is 14.3. The fourth-order valence-corrected chi connectivity index (χ4v) is 3.95. The number of phenols is 1. The Bertz CT molecular complexity index is 1030. The molecule has 0 aromatic heterocycles. The van der Waals surface area contributed by atoms with Crippen molar-refractivity contribution in [1.29, 1.82) is 0 Å². The molecule has 184 valence electrons. The van der Waals surface area contributed by atoms with E-state index in [2.05, 4.69) is 21.2 Å². The summed E-state index contributed by atoms with van der Waals surface area (Å²) in [4.78, 5) is 36.7. The van der Waals surface area contributed by atoms with Crippen molar-refractivity contribution in [2.75, 3.05) is 0 Å². The molecule has 34 heavy (non-hydrogen) atoms. The van der Waals surface area contributed by atoms with Gasteiger partial charge in [-0.2, -0.15) is 13.2 Å². The maximum Gasteiger partial charge on any atom is 0.471 e. The monoisotopic (exact) mass is 542 g/mol. The van der Waals surface area contributed by atoms with Gasteiger partial charge in [0.2, 0.25) is 5.91 Å². The maximum atomic E-state index is 12.8. The number of nitrogens with one attached hydrogen (secondary N) is 2. The molecule has 0 radical (unpaired) electrons. The van der Waals surface area contributed by atoms with Crippen molar-refractivity contribution < 1.29 is 32.7 Å². The van der Waals surface area contributed by atoms with Crippen LogP contribution in [0.15, 0.2) is 46.9 Å². The minimum Gasteiger partial charge on any atom is -0.507 e. The molecule has 0 aliphatic heterocycles. The first-order chi connectivity index (χ1) is 15.9. The van der Waals surface area contributed by atoms with Crippen LogP contribution in [-0.4, -0.2) is 41.0 Å². The molecule has 0 spiro atoms. The topological polar surface area (TPSA) is 95.5 Å². The molecule has 0 saturated carbocycles. The van der Waals surface area contributed by atoms with Gasteiger partial charge in [-0.3, -0.25) is 14.4 Å². The Labute approximate surface area is 204 Å². The highest BCUT2D eigenvalue weighted by atomic mass is 79.9. The molecular weight excluding hydrogens is 517 g/mol. The number of halogens is 4. The van der Waals surface area contributed by atoms with Crippen LogP contribution in [0.5, 0.6) is 5.75 Å². The largest absolute Gasteiger partial charge is 0.507 e. The lowest BCUT2D eigenvalue weighted by atomic mass is 10.0. The molecule has 10 heteroatoms. The van der Waals surface area contributed by atoms with Crippen LogP contribution in [0.1, 0.15) is 36.5 Å². The molecule has 2 atom stereocenters. The second-order valence-electron chi connectivity index (χ2n) is 7.98. The quantitative estimate of drug-likeness (QED) is 0.420. The van der Waals surface area contributed by atoms with Crippen molar-refractivity contribution >= 4 is 33.5 Å². The number of ketones is 1. The third kappa shape index (κ3) is 8.16. The molecule has 2 aromatic rings. The molecule has 2 aromatic carbocycles. The molecule has 2 rings (SSSR count). The minimum absolute atomic E-state index is 0.00546. The molecule has 0 fully saturated rings. The normalized spacial score (nSPS) is 13.1. The van der Waals surface area contributed by atoms with Crippen molar-refractivity contribution in [3.63, 3.8) is 0 Å². The van der Waals surface area contributed by atoms with Crippen LogP contribution in [0.25, 0.3) is 0 Å². The summed E-state index contributed by atoms with van der Waals surface area (Å²) >= 11 is 3.33. The number of alkyl halides is 3. The smallest absolute Gasteiger partial charge is 0.471 e. The van der Waals surface area contributed by atoms with Crippen molar-refractivity contribution in [3.05, 3.63) is 63.6 Å². The first kappa shape index (κ1) is 27.4. The highest BCUT2D eigenvalue weighted by Crippen LogP contribution is 2.27. The highest BCUT2D eigenvalue weighted by molar-refractivity contribution is 9.10. The van der Waals surface area contributed by atoms with Gasteiger partial charge in [0.1, 0.15) is 11.8 Å². The van der Waals surface area contributed by atoms with E-state index in [4.69, 9.17) is 0 Å². The van der Waals surface area contributed by atoms with E-state index in [1.807, 2.05) is 0 Å². The molecular formula is C24H26BrF3N2O4. The van der Waals surface area contributed by atoms with E-state index in [-0.39, 0.29) is 37.2 Å². The number of aromatic hydroxyl groups is 1. The van der Waals surface area contributed by atoms with E-state index in [1.54, 1.807) is 54.7 Å². The van der Waals surface area contributed by atoms with Gasteiger partial charge in [-0.25, -0.2) is 0 Å². The summed E-state index contributed by atoms with van der Waals surface area (Å²) in [6.45, 7) is 3.14. The van der Waals surface area contributed by atoms with Crippen LogP contribution >= 0.6 is 15.9 Å². The molecule has 0 bridgehead atoms. The van der Waals surface area contributed by atoms with Crippen LogP contribution in [0.4, 0.5) is 13.2 Å². The summed E-state index contributed by atoms with van der Waals surface area (Å²) in [7, 11) is 0. The number of Topliss-reactive ketones (excluding diaryl/α,β-unsaturated/α-hetero) is 1. The molecule has 0 heterocycles. The summed E-state index contributed by atoms with van der Waals surface area (Å²) in [6.07, 6.45) is -4.76. The number of amides is 2. The fourth-order valence-electron chi connectivity index (χ4n) is 3.33. The maximum absolute atomic E-state index is 12.8. The molecule has 2 amide bonds. The van der Waals surface area contributed by atoms with Gasteiger partial charge in [-0.1, -0.05) is 46.3 Å². The highest BCUT2D eigenvalue weighted by Gasteiger charge is 2.41. The standard InChI is InChI=1S/C24H26BrF3N2O4/c1-14-12-18(25)13-17(21(14)32)9-11-20(31)15(2)29-22(33)19(30-23(34)24(26,27)28)10-8-16-6-4-3-5-7-16/h3-7,12-13,15,19,32H,8-11H2,1-2H3,(H,29,33)(H,30,34)/t15-,19+/m0/s1. The third-order valence-electron chi connectivity index (χ3n) is 5.27. The SMILES string of the molecule is Cc1cc(Br)cc(CCC(=O)[C@H](C)NC(=O)[C@@H](CCc2ccccc2)NC(=O)C(F)(F)F)c1O. The summed E-state index contributed by atoms with van der Waals surface area (Å²) in [5.41, 5.74) is 1.98. The molecule has 0 aliphatic rings. The Hall–Kier alpha value is -2.88. The number of carbonyl (C=O) groups is 3. The predicted molar refractivity (Wildman–Crippen MR) is 124 cm³/mol. The van der Waals surface area contributed by atoms with Gasteiger partial charge in [0, 0.05) is 10.9 Å². The number of aryl methyl sites for hydroxylation is 3. The van der Waals surface area contributed by atoms with Gasteiger partial charge in [0.15, 0.2) is 5.78 Å². The zero-order valence-corrected chi connectivity index (χ0v) is 20.3. The van der Waals surface area contributed by atoms with Crippen molar-refractivity contribution in [3.8, 4) is 5.75 Å². The van der Waals surface area contributed by atoms with Crippen LogP contribution < -0.4 is 10.6 Å². The van der Waals surface area contributed by atoms with E-state index in [0.29, 0.717) is 11.1 Å². The van der Waals surface area contributed by atoms with Gasteiger partial charge in [0.25, 0.3) is 0 Å². The number of rotatable bonds is 10. The Kier molecular flexibility index (Phi) is 9.66. The number of hydrogen-bond acceptors (Lipinski definition) is 4. The number of benzene rings is 2. The molecule has 0 saturated heterocycles. The second kappa shape index (κ2) is 12.0. The Morgan fingerprint density at radius 1 is 1.06 bits per heavy atom. The molecule has 6 nitrogen and oxygen atoms in total. The lowest BCUT2D eigenvalue weighted by Gasteiger charge is -2.21. The van der Waals surface area contributed by atoms with Crippen LogP contribution in [0.2, 0.25) is 0 Å². The van der Waals surface area contributed by atoms with E-state index < -0.39 is 30.1 Å². The number of hydrogen-bond donors (Lipinski definition) is 3. The zero-order chi connectivity index (χ0) is 25.5. The van der Waals surface area contributed by atoms with Crippen molar-refractivity contribution in [1.82, 2.24) is 10.6 Å². The van der Waals surface area contributed by atoms with Crippen LogP contribution in [0.3, 0.4) is 0 Å². The second-order valence-corrected chi connectivity index (χ2v) is 8.89. The molecule has 0 unspecified atom stereocenters. The zero-order valence-electron chi connectivity index (χ0n) is 18.7. The Morgan fingerprint density at radius 3 is 2.32 bits per heavy atom. The Balaban J connectivity index is 2.02. The summed E-state index contributed by atoms with van der Waals surface area (Å²) < 4.78 is 39.0. The van der Waals surface area contributed by atoms with Crippen molar-refractivity contribution in [2.24, 2.45) is 0 Å². The predicted octanol–water partition coefficient (Wildman–Crippen LogP) is 4.15. The van der Waals surface area contributed by atoms with Gasteiger partial charge < -0.3 is 15.7 Å². The van der Waals surface area contributed by atoms with E-state index >= 15 is 0 Å². The van der Waals surface area contributed by atoms with Crippen LogP contribution in [-0.2, 0) is 27.2 Å². The van der Waals surface area contributed by atoms with Gasteiger partial charge in [-0.05, 0) is 61.9 Å². The molecule has 3 N–H and O–H groups in total. The summed E-state index contributed by atoms with van der Waals surface area (Å²) in [5.74, 6) is -3.39. The lowest BCUT2D eigenvalue weighted by Crippen LogP contribution is -2.53. The first-order valence-electron chi connectivity index (χ1n) is 10.6. The Morgan fingerprint density at radius 2 is 1.71 bits per heavy atom. The van der Waals surface area contributed by atoms with E-state index in [9.17, 15) is 32.7 Å². The third-order valence-corrected chi connectivity index (χ3v) is 5.73. The summed E-state index contributed by atoms with van der Waals surface area (Å²) in [6, 6.07) is 9.75.